The minimum absolute atomic E-state index is 0.851. The number of benzene rings is 16. The van der Waals surface area contributed by atoms with Gasteiger partial charge >= 0.3 is 0 Å². The van der Waals surface area contributed by atoms with Crippen molar-refractivity contribution in [3.05, 3.63) is 315 Å². The second kappa shape index (κ2) is 19.1. The van der Waals surface area contributed by atoms with Crippen LogP contribution >= 0.6 is 0 Å². The van der Waals surface area contributed by atoms with E-state index in [-0.39, 0.29) is 0 Å². The highest BCUT2D eigenvalue weighted by Gasteiger charge is 2.31. The highest BCUT2D eigenvalue weighted by atomic mass is 16.3. The van der Waals surface area contributed by atoms with Crippen LogP contribution in [-0.4, -0.2) is 27.1 Å². The molecule has 0 spiro atoms. The molecule has 0 saturated heterocycles. The van der Waals surface area contributed by atoms with E-state index >= 15 is 0 Å². The monoisotopic (exact) mass is 1320 g/mol. The highest BCUT2D eigenvalue weighted by molar-refractivity contribution is 6.42. The Hall–Kier alpha value is -14.1. The van der Waals surface area contributed by atoms with E-state index in [4.69, 9.17) is 8.83 Å². The van der Waals surface area contributed by atoms with Gasteiger partial charge in [0.2, 0.25) is 0 Å². The number of aromatic nitrogens is 6. The molecule has 8 nitrogen and oxygen atoms in total. The molecule has 8 heteroatoms. The summed E-state index contributed by atoms with van der Waals surface area (Å²) in [5.74, 6) is 0. The maximum atomic E-state index is 7.37. The standard InChI is InChI=1S/C96H52N6O2/c1-5-21-55(22-6-1)97-74-33-17-13-29-59(74)66-48-72-83(52-80(66)97)102-82-51-81-67(47-68(82)71-49-70-60-30-14-18-34-75(60)100(58-27-11-4-12-28-58)92(70)89(72)93(71)102)65-45-53(37-41-77(65)98(81)56-23-7-2-8-24-56)54-38-44-86-69(46-54)63-40-43-79-90(96(63)104-86)91-87-64-32-15-19-35-76(64)99(57-25-9-3-10-26-57)84(87)50-73-88-78(101(79)94(73)91)42-39-62-61-31-16-20-36-85(61)103-95(62)88/h1-52H. The highest BCUT2D eigenvalue weighted by Crippen LogP contribution is 2.54. The van der Waals surface area contributed by atoms with Crippen molar-refractivity contribution in [2.45, 2.75) is 0 Å². The fourth-order valence-corrected chi connectivity index (χ4v) is 19.4. The van der Waals surface area contributed by atoms with E-state index in [0.717, 1.165) is 127 Å². The first-order valence-corrected chi connectivity index (χ1v) is 35.8. The van der Waals surface area contributed by atoms with Crippen LogP contribution in [0.2, 0.25) is 0 Å². The summed E-state index contributed by atoms with van der Waals surface area (Å²) in [4.78, 5) is 0. The van der Waals surface area contributed by atoms with Crippen LogP contribution in [0.3, 0.4) is 0 Å². The SMILES string of the molecule is c1ccc(-n2c3ccc(-c4ccc5oc6c(ccc7c6c6c8c9ccccc9n(-c9ccccc9)c8cc8c9c%10oc%11ccccc%11c%10ccc9n7c86)c5c4)cc3c3cc4c5cc6c7ccccc7n(-c7ccccc7)c6c6c7cc8c9ccccc9n(-c9ccccc9)c8cc7n(c4cc32)c56)cc1. The summed E-state index contributed by atoms with van der Waals surface area (Å²) in [7, 11) is 0. The van der Waals surface area contributed by atoms with E-state index in [1.54, 1.807) is 0 Å². The maximum absolute atomic E-state index is 7.37. The summed E-state index contributed by atoms with van der Waals surface area (Å²) in [5, 5.41) is 23.6. The zero-order chi connectivity index (χ0) is 67.1. The lowest BCUT2D eigenvalue weighted by Gasteiger charge is -2.10. The average Bonchev–Trinajstić information content (AvgIpc) is 1.51. The van der Waals surface area contributed by atoms with Crippen LogP contribution < -0.4 is 0 Å². The van der Waals surface area contributed by atoms with Crippen LogP contribution in [0, 0.1) is 0 Å². The molecule has 478 valence electrons. The fraction of sp³-hybridized carbons (Fsp3) is 0. The van der Waals surface area contributed by atoms with Crippen molar-refractivity contribution in [3.63, 3.8) is 0 Å². The van der Waals surface area contributed by atoms with Crippen LogP contribution in [0.5, 0.6) is 0 Å². The molecule has 0 fully saturated rings. The zero-order valence-electron chi connectivity index (χ0n) is 55.5. The van der Waals surface area contributed by atoms with Crippen LogP contribution in [-0.2, 0) is 0 Å². The van der Waals surface area contributed by atoms with Crippen molar-refractivity contribution < 1.29 is 8.83 Å². The molecule has 0 radical (unpaired) electrons. The van der Waals surface area contributed by atoms with Gasteiger partial charge in [0.15, 0.2) is 0 Å². The number of para-hydroxylation sites is 8. The van der Waals surface area contributed by atoms with E-state index in [9.17, 15) is 0 Å². The third-order valence-electron chi connectivity index (χ3n) is 23.6. The smallest absolute Gasteiger partial charge is 0.145 e. The van der Waals surface area contributed by atoms with Gasteiger partial charge in [-0.1, -0.05) is 158 Å². The molecule has 0 aliphatic rings. The average molecular weight is 1320 g/mol. The predicted octanol–water partition coefficient (Wildman–Crippen LogP) is 25.8. The zero-order valence-corrected chi connectivity index (χ0v) is 55.5. The number of rotatable bonds is 5. The third kappa shape index (κ3) is 6.57. The molecule has 104 heavy (non-hydrogen) atoms. The van der Waals surface area contributed by atoms with Crippen molar-refractivity contribution in [1.82, 2.24) is 27.1 Å². The van der Waals surface area contributed by atoms with Gasteiger partial charge in [-0.05, 0) is 169 Å². The van der Waals surface area contributed by atoms with Crippen LogP contribution in [0.15, 0.2) is 324 Å². The summed E-state index contributed by atoms with van der Waals surface area (Å²) in [6, 6.07) is 117. The molecule has 0 N–H and O–H groups in total. The van der Waals surface area contributed by atoms with Gasteiger partial charge in [0.1, 0.15) is 22.3 Å². The molecule has 0 aliphatic heterocycles. The molecule has 26 rings (SSSR count). The lowest BCUT2D eigenvalue weighted by atomic mass is 9.98. The molecule has 0 bridgehead atoms. The topological polar surface area (TPSA) is 54.8 Å². The molecule has 0 aliphatic carbocycles. The van der Waals surface area contributed by atoms with Crippen molar-refractivity contribution in [2.24, 2.45) is 0 Å². The van der Waals surface area contributed by atoms with E-state index < -0.39 is 0 Å². The van der Waals surface area contributed by atoms with Gasteiger partial charge < -0.3 is 35.9 Å². The minimum Gasteiger partial charge on any atom is -0.455 e. The molecule has 26 aromatic rings. The van der Waals surface area contributed by atoms with E-state index in [2.05, 4.69) is 343 Å². The van der Waals surface area contributed by atoms with Gasteiger partial charge in [0, 0.05) is 120 Å². The van der Waals surface area contributed by atoms with Crippen molar-refractivity contribution in [3.8, 4) is 33.9 Å². The molecule has 0 saturated carbocycles. The van der Waals surface area contributed by atoms with Gasteiger partial charge in [0.25, 0.3) is 0 Å². The Balaban J connectivity index is 0.737. The quantitative estimate of drug-likeness (QED) is 0.172. The molecular formula is C96H52N6O2. The summed E-state index contributed by atoms with van der Waals surface area (Å²) in [6.45, 7) is 0. The number of hydrogen-bond donors (Lipinski definition) is 0. The number of hydrogen-bond acceptors (Lipinski definition) is 2. The fourth-order valence-electron chi connectivity index (χ4n) is 19.4. The van der Waals surface area contributed by atoms with Gasteiger partial charge in [0.05, 0.1) is 88.0 Å². The normalized spacial score (nSPS) is 12.8. The van der Waals surface area contributed by atoms with E-state index in [1.807, 2.05) is 0 Å². The second-order valence-electron chi connectivity index (χ2n) is 28.6. The minimum atomic E-state index is 0.851. The Bertz CT molecular complexity index is 8320. The molecule has 0 atom stereocenters. The Morgan fingerprint density at radius 3 is 1.26 bits per heavy atom. The Kier molecular flexibility index (Phi) is 9.86. The van der Waals surface area contributed by atoms with Crippen LogP contribution in [0.4, 0.5) is 0 Å². The molecular weight excluding hydrogens is 1270 g/mol. The van der Waals surface area contributed by atoms with E-state index in [1.165, 1.54) is 114 Å². The number of nitrogens with zero attached hydrogens (tertiary/aromatic N) is 6. The van der Waals surface area contributed by atoms with Crippen molar-refractivity contribution >= 4 is 207 Å². The van der Waals surface area contributed by atoms with Gasteiger partial charge in [-0.3, -0.25) is 0 Å². The van der Waals surface area contributed by atoms with Crippen LogP contribution in [0.1, 0.15) is 0 Å². The number of furan rings is 2. The second-order valence-corrected chi connectivity index (χ2v) is 28.6. The lowest BCUT2D eigenvalue weighted by molar-refractivity contribution is 0.672. The Morgan fingerprint density at radius 1 is 0.173 bits per heavy atom. The van der Waals surface area contributed by atoms with Gasteiger partial charge in [-0.25, -0.2) is 0 Å². The van der Waals surface area contributed by atoms with E-state index in [0.29, 0.717) is 0 Å². The maximum Gasteiger partial charge on any atom is 0.145 e. The largest absolute Gasteiger partial charge is 0.455 e. The van der Waals surface area contributed by atoms with Gasteiger partial charge in [-0.15, -0.1) is 0 Å². The molecule has 10 heterocycles. The summed E-state index contributed by atoms with van der Waals surface area (Å²) in [6.07, 6.45) is 0. The van der Waals surface area contributed by atoms with Crippen molar-refractivity contribution in [1.29, 1.82) is 0 Å². The van der Waals surface area contributed by atoms with Gasteiger partial charge in [-0.2, -0.15) is 0 Å². The first-order chi connectivity index (χ1) is 51.6. The van der Waals surface area contributed by atoms with Crippen LogP contribution in [0.25, 0.3) is 241 Å². The molecule has 10 aromatic heterocycles. The molecule has 16 aromatic carbocycles. The first-order valence-electron chi connectivity index (χ1n) is 35.8. The molecule has 0 amide bonds. The predicted molar refractivity (Wildman–Crippen MR) is 433 cm³/mol. The summed E-state index contributed by atoms with van der Waals surface area (Å²) >= 11 is 0. The summed E-state index contributed by atoms with van der Waals surface area (Å²) in [5.41, 5.74) is 26.6. The Labute approximate surface area is 588 Å². The lowest BCUT2D eigenvalue weighted by Crippen LogP contribution is -1.94. The summed E-state index contributed by atoms with van der Waals surface area (Å²) < 4.78 is 29.3. The molecule has 0 unspecified atom stereocenters. The number of fused-ring (bicyclic) bond motifs is 34. The van der Waals surface area contributed by atoms with Crippen molar-refractivity contribution in [2.75, 3.05) is 0 Å². The Morgan fingerprint density at radius 2 is 0.587 bits per heavy atom. The first kappa shape index (κ1) is 53.8. The third-order valence-corrected chi connectivity index (χ3v) is 23.6.